The van der Waals surface area contributed by atoms with Crippen molar-refractivity contribution in [3.05, 3.63) is 40.9 Å². The molecule has 3 heteroatoms. The molecule has 0 amide bonds. The van der Waals surface area contributed by atoms with Gasteiger partial charge < -0.3 is 4.74 Å². The molecule has 0 radical (unpaired) electrons. The lowest BCUT2D eigenvalue weighted by Crippen LogP contribution is -1.98. The Morgan fingerprint density at radius 2 is 1.93 bits per heavy atom. The highest BCUT2D eigenvalue weighted by molar-refractivity contribution is 9.10. The van der Waals surface area contributed by atoms with Crippen LogP contribution in [0.4, 0.5) is 0 Å². The van der Waals surface area contributed by atoms with Crippen LogP contribution in [-0.4, -0.2) is 12.5 Å². The van der Waals surface area contributed by atoms with E-state index in [4.69, 9.17) is 16.3 Å². The Balaban J connectivity index is 2.45. The molecule has 2 rings (SSSR count). The van der Waals surface area contributed by atoms with Gasteiger partial charge in [-0.25, -0.2) is 0 Å². The Labute approximate surface area is 102 Å². The smallest absolute Gasteiger partial charge is 0.134 e. The van der Waals surface area contributed by atoms with E-state index in [0.717, 1.165) is 15.6 Å². The quantitative estimate of drug-likeness (QED) is 0.767. The van der Waals surface area contributed by atoms with Gasteiger partial charge in [0.1, 0.15) is 12.4 Å². The third kappa shape index (κ3) is 2.27. The molecule has 0 fully saturated rings. The Morgan fingerprint density at radius 3 is 2.73 bits per heavy atom. The number of halogens is 2. The molecule has 0 aliphatic carbocycles. The van der Waals surface area contributed by atoms with Crippen LogP contribution in [0.1, 0.15) is 0 Å². The van der Waals surface area contributed by atoms with Crippen LogP contribution in [0.25, 0.3) is 10.8 Å². The molecule has 0 bridgehead atoms. The summed E-state index contributed by atoms with van der Waals surface area (Å²) in [5.74, 6) is 1.34. The van der Waals surface area contributed by atoms with Crippen LogP contribution < -0.4 is 4.74 Å². The van der Waals surface area contributed by atoms with E-state index in [1.165, 1.54) is 5.39 Å². The van der Waals surface area contributed by atoms with E-state index < -0.39 is 0 Å². The molecule has 0 saturated carbocycles. The van der Waals surface area contributed by atoms with Crippen molar-refractivity contribution in [3.63, 3.8) is 0 Å². The number of ether oxygens (including phenoxy) is 1. The molecule has 0 heterocycles. The minimum absolute atomic E-state index is 0.499. The lowest BCUT2D eigenvalue weighted by molar-refractivity contribution is 0.341. The van der Waals surface area contributed by atoms with Crippen molar-refractivity contribution in [2.45, 2.75) is 0 Å². The van der Waals surface area contributed by atoms with Crippen molar-refractivity contribution < 1.29 is 4.74 Å². The summed E-state index contributed by atoms with van der Waals surface area (Å²) in [4.78, 5) is 0. The minimum atomic E-state index is 0.499. The topological polar surface area (TPSA) is 9.23 Å². The van der Waals surface area contributed by atoms with E-state index >= 15 is 0 Å². The van der Waals surface area contributed by atoms with Crippen LogP contribution in [0.15, 0.2) is 40.9 Å². The number of hydrogen-bond acceptors (Lipinski definition) is 1. The van der Waals surface area contributed by atoms with Gasteiger partial charge in [-0.15, -0.1) is 11.6 Å². The third-order valence-electron chi connectivity index (χ3n) is 2.16. The molecule has 0 spiro atoms. The first-order chi connectivity index (χ1) is 7.33. The zero-order chi connectivity index (χ0) is 10.7. The van der Waals surface area contributed by atoms with Gasteiger partial charge in [0, 0.05) is 0 Å². The van der Waals surface area contributed by atoms with Crippen molar-refractivity contribution >= 4 is 38.3 Å². The SMILES string of the molecule is ClCCOc1ccc2ccccc2c1Br. The van der Waals surface area contributed by atoms with Crippen LogP contribution in [0.3, 0.4) is 0 Å². The highest BCUT2D eigenvalue weighted by Gasteiger charge is 2.04. The molecular formula is C12H10BrClO. The average molecular weight is 286 g/mol. The molecule has 15 heavy (non-hydrogen) atoms. The van der Waals surface area contributed by atoms with E-state index in [2.05, 4.69) is 28.1 Å². The van der Waals surface area contributed by atoms with E-state index in [9.17, 15) is 0 Å². The first-order valence-corrected chi connectivity index (χ1v) is 6.01. The molecule has 2 aromatic carbocycles. The van der Waals surface area contributed by atoms with Gasteiger partial charge >= 0.3 is 0 Å². The van der Waals surface area contributed by atoms with Gasteiger partial charge in [-0.2, -0.15) is 0 Å². The number of rotatable bonds is 3. The molecule has 1 nitrogen and oxygen atoms in total. The molecule has 0 atom stereocenters. The largest absolute Gasteiger partial charge is 0.491 e. The van der Waals surface area contributed by atoms with Crippen molar-refractivity contribution in [1.29, 1.82) is 0 Å². The van der Waals surface area contributed by atoms with E-state index in [1.807, 2.05) is 24.3 Å². The van der Waals surface area contributed by atoms with Crippen molar-refractivity contribution in [2.75, 3.05) is 12.5 Å². The van der Waals surface area contributed by atoms with Gasteiger partial charge in [-0.1, -0.05) is 30.3 Å². The number of hydrogen-bond donors (Lipinski definition) is 0. The average Bonchev–Trinajstić information content (AvgIpc) is 2.29. The predicted octanol–water partition coefficient (Wildman–Crippen LogP) is 4.22. The summed E-state index contributed by atoms with van der Waals surface area (Å²) in [6, 6.07) is 12.2. The van der Waals surface area contributed by atoms with Gasteiger partial charge in [-0.3, -0.25) is 0 Å². The van der Waals surface area contributed by atoms with Crippen LogP contribution in [0, 0.1) is 0 Å². The summed E-state index contributed by atoms with van der Waals surface area (Å²) >= 11 is 9.13. The number of benzene rings is 2. The fraction of sp³-hybridized carbons (Fsp3) is 0.167. The Hall–Kier alpha value is -0.730. The second-order valence-corrected chi connectivity index (χ2v) is 4.31. The molecule has 0 aliphatic rings. The summed E-state index contributed by atoms with van der Waals surface area (Å²) in [6.07, 6.45) is 0. The van der Waals surface area contributed by atoms with Crippen LogP contribution in [-0.2, 0) is 0 Å². The zero-order valence-corrected chi connectivity index (χ0v) is 10.4. The lowest BCUT2D eigenvalue weighted by atomic mass is 10.1. The summed E-state index contributed by atoms with van der Waals surface area (Å²) in [6.45, 7) is 0.526. The van der Waals surface area contributed by atoms with Crippen molar-refractivity contribution in [1.82, 2.24) is 0 Å². The van der Waals surface area contributed by atoms with Crippen LogP contribution in [0.5, 0.6) is 5.75 Å². The lowest BCUT2D eigenvalue weighted by Gasteiger charge is -2.08. The van der Waals surface area contributed by atoms with Crippen LogP contribution >= 0.6 is 27.5 Å². The first-order valence-electron chi connectivity index (χ1n) is 4.69. The van der Waals surface area contributed by atoms with Crippen LogP contribution in [0.2, 0.25) is 0 Å². The normalized spacial score (nSPS) is 10.5. The second kappa shape index (κ2) is 4.86. The molecule has 2 aromatic rings. The number of fused-ring (bicyclic) bond motifs is 1. The fourth-order valence-electron chi connectivity index (χ4n) is 1.47. The van der Waals surface area contributed by atoms with E-state index in [1.54, 1.807) is 0 Å². The van der Waals surface area contributed by atoms with Crippen molar-refractivity contribution in [3.8, 4) is 5.75 Å². The third-order valence-corrected chi connectivity index (χ3v) is 3.13. The molecule has 0 N–H and O–H groups in total. The maximum Gasteiger partial charge on any atom is 0.134 e. The van der Waals surface area contributed by atoms with Gasteiger partial charge in [0.15, 0.2) is 0 Å². The maximum absolute atomic E-state index is 5.58. The van der Waals surface area contributed by atoms with E-state index in [-0.39, 0.29) is 0 Å². The number of alkyl halides is 1. The zero-order valence-electron chi connectivity index (χ0n) is 8.04. The van der Waals surface area contributed by atoms with Gasteiger partial charge in [0.25, 0.3) is 0 Å². The molecular weight excluding hydrogens is 275 g/mol. The monoisotopic (exact) mass is 284 g/mol. The highest BCUT2D eigenvalue weighted by Crippen LogP contribution is 2.32. The van der Waals surface area contributed by atoms with Gasteiger partial charge in [-0.05, 0) is 32.8 Å². The molecule has 0 unspecified atom stereocenters. The highest BCUT2D eigenvalue weighted by atomic mass is 79.9. The van der Waals surface area contributed by atoms with Gasteiger partial charge in [0.2, 0.25) is 0 Å². The molecule has 0 aromatic heterocycles. The Morgan fingerprint density at radius 1 is 1.13 bits per heavy atom. The maximum atomic E-state index is 5.58. The minimum Gasteiger partial charge on any atom is -0.491 e. The summed E-state index contributed by atoms with van der Waals surface area (Å²) in [7, 11) is 0. The standard InChI is InChI=1S/C12H10BrClO/c13-12-10-4-2-1-3-9(10)5-6-11(12)15-8-7-14/h1-6H,7-8H2. The summed E-state index contributed by atoms with van der Waals surface area (Å²) < 4.78 is 6.51. The molecule has 0 saturated heterocycles. The van der Waals surface area contributed by atoms with E-state index in [0.29, 0.717) is 12.5 Å². The summed E-state index contributed by atoms with van der Waals surface area (Å²) in [5.41, 5.74) is 0. The Bertz CT molecular complexity index is 470. The van der Waals surface area contributed by atoms with Gasteiger partial charge in [0.05, 0.1) is 10.4 Å². The predicted molar refractivity (Wildman–Crippen MR) is 67.9 cm³/mol. The molecule has 78 valence electrons. The van der Waals surface area contributed by atoms with Crippen molar-refractivity contribution in [2.24, 2.45) is 0 Å². The fourth-order valence-corrected chi connectivity index (χ4v) is 2.16. The summed E-state index contributed by atoms with van der Waals surface area (Å²) in [5, 5.41) is 2.35. The first kappa shape index (κ1) is 10.8. The Kier molecular flexibility index (Phi) is 3.49. The molecule has 0 aliphatic heterocycles. The second-order valence-electron chi connectivity index (χ2n) is 3.14.